The minimum absolute atomic E-state index is 0.123. The van der Waals surface area contributed by atoms with E-state index < -0.39 is 0 Å². The molecule has 18 heavy (non-hydrogen) atoms. The van der Waals surface area contributed by atoms with E-state index in [-0.39, 0.29) is 11.0 Å². The van der Waals surface area contributed by atoms with Gasteiger partial charge in [-0.25, -0.2) is 0 Å². The topological polar surface area (TPSA) is 26.3 Å². The van der Waals surface area contributed by atoms with Crippen LogP contribution in [0.1, 0.15) is 31.2 Å². The fraction of sp³-hybridized carbons (Fsp3) is 0.400. The largest absolute Gasteiger partial charge is 0.379 e. The molecule has 0 saturated carbocycles. The van der Waals surface area contributed by atoms with Crippen molar-refractivity contribution in [1.82, 2.24) is 0 Å². The van der Waals surface area contributed by atoms with Crippen molar-refractivity contribution in [3.63, 3.8) is 0 Å². The lowest BCUT2D eigenvalue weighted by Crippen LogP contribution is -2.39. The number of allylic oxidation sites excluding steroid dienone is 1. The van der Waals surface area contributed by atoms with Gasteiger partial charge >= 0.3 is 0 Å². The van der Waals surface area contributed by atoms with Crippen molar-refractivity contribution in [3.05, 3.63) is 42.5 Å². The number of Topliss-reactive ketones (excluding diaryl/α,β-unsaturated/α-hetero) is 1. The van der Waals surface area contributed by atoms with Crippen LogP contribution in [0.15, 0.2) is 36.9 Å². The predicted octanol–water partition coefficient (Wildman–Crippen LogP) is 1.92. The molecule has 1 aromatic carbocycles. The van der Waals surface area contributed by atoms with Crippen LogP contribution < -0.4 is 0 Å². The van der Waals surface area contributed by atoms with Crippen molar-refractivity contribution in [2.45, 2.75) is 30.9 Å². The molecule has 0 aromatic heterocycles. The minimum atomic E-state index is -0.160. The average Bonchev–Trinajstić information content (AvgIpc) is 2.39. The van der Waals surface area contributed by atoms with Gasteiger partial charge in [-0.05, 0) is 24.8 Å². The van der Waals surface area contributed by atoms with Gasteiger partial charge in [0.05, 0.1) is 5.22 Å². The molecule has 1 atom stereocenters. The van der Waals surface area contributed by atoms with Gasteiger partial charge in [0.15, 0.2) is 5.78 Å². The molecule has 0 amide bonds. The summed E-state index contributed by atoms with van der Waals surface area (Å²) < 4.78 is 5.82. The summed E-state index contributed by atoms with van der Waals surface area (Å²) in [5, 5.41) is -0.160. The lowest BCUT2D eigenvalue weighted by molar-refractivity contribution is -0.119. The maximum absolute atomic E-state index is 12.3. The van der Waals surface area contributed by atoms with Gasteiger partial charge in [-0.3, -0.25) is 4.79 Å². The van der Waals surface area contributed by atoms with Gasteiger partial charge in [0.25, 0.3) is 0 Å². The monoisotopic (exact) mass is 260 g/mol. The molecule has 0 spiro atoms. The smallest absolute Gasteiger partial charge is 0.165 e. The number of carbonyl (C=O) groups is 1. The zero-order valence-electron chi connectivity index (χ0n) is 10.9. The zero-order valence-corrected chi connectivity index (χ0v) is 12.9. The maximum atomic E-state index is 12.3. The third kappa shape index (κ3) is 3.18. The maximum Gasteiger partial charge on any atom is 0.165 e. The Hall–Kier alpha value is -1.19. The normalized spacial score (nSPS) is 23.8. The third-order valence-corrected chi connectivity index (χ3v) is 4.69. The molecular formula is C15H20O2Si. The number of rotatable bonds is 4. The summed E-state index contributed by atoms with van der Waals surface area (Å²) in [7, 11) is 0.902. The highest BCUT2D eigenvalue weighted by Crippen LogP contribution is 2.27. The van der Waals surface area contributed by atoms with E-state index in [0.717, 1.165) is 35.3 Å². The average molecular weight is 260 g/mol. The molecule has 1 aromatic rings. The number of benzene rings is 1. The van der Waals surface area contributed by atoms with Crippen LogP contribution in [0.25, 0.3) is 5.57 Å². The molecule has 1 saturated heterocycles. The summed E-state index contributed by atoms with van der Waals surface area (Å²) in [5.41, 5.74) is 1.53. The van der Waals surface area contributed by atoms with Crippen LogP contribution >= 0.6 is 0 Å². The third-order valence-electron chi connectivity index (χ3n) is 3.54. The van der Waals surface area contributed by atoms with Crippen molar-refractivity contribution < 1.29 is 9.53 Å². The Labute approximate surface area is 111 Å². The highest BCUT2D eigenvalue weighted by Gasteiger charge is 2.31. The van der Waals surface area contributed by atoms with Crippen LogP contribution in [0.5, 0.6) is 0 Å². The minimum Gasteiger partial charge on any atom is -0.379 e. The fourth-order valence-corrected chi connectivity index (χ4v) is 3.26. The number of hydrogen-bond acceptors (Lipinski definition) is 2. The molecule has 0 aliphatic carbocycles. The fourth-order valence-electron chi connectivity index (χ4n) is 2.38. The molecule has 0 bridgehead atoms. The van der Waals surface area contributed by atoms with Crippen LogP contribution in [-0.2, 0) is 9.53 Å². The van der Waals surface area contributed by atoms with Gasteiger partial charge in [-0.1, -0.05) is 36.9 Å². The molecule has 2 rings (SSSR count). The van der Waals surface area contributed by atoms with Crippen molar-refractivity contribution in [1.29, 1.82) is 0 Å². The number of ether oxygens (including phenoxy) is 1. The summed E-state index contributed by atoms with van der Waals surface area (Å²) in [6.07, 6.45) is 3.81. The molecule has 0 N–H and O–H groups in total. The van der Waals surface area contributed by atoms with Crippen LogP contribution in [0.2, 0.25) is 0 Å². The lowest BCUT2D eigenvalue weighted by atomic mass is 9.96. The molecule has 1 aliphatic rings. The Morgan fingerprint density at radius 3 is 2.67 bits per heavy atom. The van der Waals surface area contributed by atoms with Crippen molar-refractivity contribution >= 4 is 21.6 Å². The predicted molar refractivity (Wildman–Crippen MR) is 77.6 cm³/mol. The van der Waals surface area contributed by atoms with Crippen molar-refractivity contribution in [2.24, 2.45) is 0 Å². The molecule has 1 fully saturated rings. The summed E-state index contributed by atoms with van der Waals surface area (Å²) in [6, 6.07) is 9.67. The summed E-state index contributed by atoms with van der Waals surface area (Å²) in [5.74, 6) is 0.123. The Morgan fingerprint density at radius 2 is 2.06 bits per heavy atom. The van der Waals surface area contributed by atoms with Crippen molar-refractivity contribution in [2.75, 3.05) is 6.61 Å². The summed E-state index contributed by atoms with van der Waals surface area (Å²) >= 11 is 0. The quantitative estimate of drug-likeness (QED) is 0.611. The van der Waals surface area contributed by atoms with Crippen LogP contribution in [-0.4, -0.2) is 27.9 Å². The standard InChI is InChI=1S/C15H20O2Si/c1-12(13-7-3-2-4-8-13)14(16)11-15(18)9-5-6-10-17-15/h2-4,7-8H,1,5-6,9-11H2,18H3. The number of ketones is 1. The van der Waals surface area contributed by atoms with Gasteiger partial charge < -0.3 is 4.74 Å². The van der Waals surface area contributed by atoms with Crippen LogP contribution in [0.3, 0.4) is 0 Å². The molecule has 1 heterocycles. The van der Waals surface area contributed by atoms with E-state index in [9.17, 15) is 4.79 Å². The SMILES string of the molecule is C=C(C(=O)CC1([SiH3])CCCCO1)c1ccccc1. The van der Waals surface area contributed by atoms with E-state index in [1.807, 2.05) is 30.3 Å². The first kappa shape index (κ1) is 13.2. The molecule has 0 radical (unpaired) electrons. The Kier molecular flexibility index (Phi) is 4.14. The number of hydrogen-bond donors (Lipinski definition) is 0. The Bertz CT molecular complexity index is 433. The van der Waals surface area contributed by atoms with Gasteiger partial charge in [-0.15, -0.1) is 0 Å². The first-order valence-corrected chi connectivity index (χ1v) is 7.52. The molecule has 96 valence electrons. The van der Waals surface area contributed by atoms with Gasteiger partial charge in [0.2, 0.25) is 0 Å². The second-order valence-electron chi connectivity index (χ2n) is 5.20. The molecule has 3 heteroatoms. The molecule has 1 aliphatic heterocycles. The van der Waals surface area contributed by atoms with E-state index in [1.165, 1.54) is 6.42 Å². The van der Waals surface area contributed by atoms with Crippen LogP contribution in [0.4, 0.5) is 0 Å². The first-order valence-electron chi connectivity index (χ1n) is 6.52. The second kappa shape index (κ2) is 5.63. The Morgan fingerprint density at radius 1 is 1.33 bits per heavy atom. The number of carbonyl (C=O) groups excluding carboxylic acids is 1. The highest BCUT2D eigenvalue weighted by atomic mass is 28.1. The van der Waals surface area contributed by atoms with E-state index in [4.69, 9.17) is 4.74 Å². The van der Waals surface area contributed by atoms with Crippen LogP contribution in [0, 0.1) is 0 Å². The zero-order chi connectivity index (χ0) is 13.0. The van der Waals surface area contributed by atoms with Gasteiger partial charge in [0, 0.05) is 28.8 Å². The van der Waals surface area contributed by atoms with Crippen molar-refractivity contribution in [3.8, 4) is 0 Å². The first-order chi connectivity index (χ1) is 8.61. The lowest BCUT2D eigenvalue weighted by Gasteiger charge is -2.33. The Balaban J connectivity index is 2.02. The summed E-state index contributed by atoms with van der Waals surface area (Å²) in [6.45, 7) is 4.73. The van der Waals surface area contributed by atoms with E-state index in [0.29, 0.717) is 12.0 Å². The highest BCUT2D eigenvalue weighted by molar-refractivity contribution is 6.24. The molecular weight excluding hydrogens is 240 g/mol. The molecule has 1 unspecified atom stereocenters. The van der Waals surface area contributed by atoms with E-state index in [2.05, 4.69) is 6.58 Å². The van der Waals surface area contributed by atoms with E-state index in [1.54, 1.807) is 0 Å². The van der Waals surface area contributed by atoms with E-state index >= 15 is 0 Å². The summed E-state index contributed by atoms with van der Waals surface area (Å²) in [4.78, 5) is 12.3. The van der Waals surface area contributed by atoms with Gasteiger partial charge in [0.1, 0.15) is 0 Å². The van der Waals surface area contributed by atoms with Gasteiger partial charge in [-0.2, -0.15) is 0 Å². The molecule has 2 nitrogen and oxygen atoms in total. The second-order valence-corrected chi connectivity index (χ2v) is 7.02.